The zero-order chi connectivity index (χ0) is 10.6. The van der Waals surface area contributed by atoms with Crippen LogP contribution in [0.15, 0.2) is 31.0 Å². The van der Waals surface area contributed by atoms with Gasteiger partial charge in [0, 0.05) is 14.1 Å². The van der Waals surface area contributed by atoms with E-state index in [-0.39, 0.29) is 5.91 Å². The quantitative estimate of drug-likeness (QED) is 0.732. The van der Waals surface area contributed by atoms with Gasteiger partial charge in [-0.3, -0.25) is 4.79 Å². The minimum atomic E-state index is -0.232. The van der Waals surface area contributed by atoms with Gasteiger partial charge in [0.1, 0.15) is 5.82 Å². The Bertz CT molecular complexity index is 330. The van der Waals surface area contributed by atoms with Gasteiger partial charge < -0.3 is 10.2 Å². The summed E-state index contributed by atoms with van der Waals surface area (Å²) >= 11 is 0. The van der Waals surface area contributed by atoms with Crippen LogP contribution in [0.4, 0.5) is 11.5 Å². The Morgan fingerprint density at radius 1 is 1.57 bits per heavy atom. The molecule has 1 aromatic rings. The average Bonchev–Trinajstić information content (AvgIpc) is 2.18. The van der Waals surface area contributed by atoms with Crippen LogP contribution >= 0.6 is 0 Å². The predicted octanol–water partition coefficient (Wildman–Crippen LogP) is 1.27. The zero-order valence-corrected chi connectivity index (χ0v) is 8.32. The van der Waals surface area contributed by atoms with E-state index in [9.17, 15) is 4.79 Å². The second-order valence-electron chi connectivity index (χ2n) is 2.99. The number of carbonyl (C=O) groups excluding carboxylic acids is 1. The molecule has 4 heteroatoms. The third-order valence-electron chi connectivity index (χ3n) is 1.66. The maximum absolute atomic E-state index is 10.9. The summed E-state index contributed by atoms with van der Waals surface area (Å²) in [5.41, 5.74) is 0.667. The van der Waals surface area contributed by atoms with Crippen LogP contribution in [0.1, 0.15) is 0 Å². The molecule has 0 fully saturated rings. The van der Waals surface area contributed by atoms with Crippen molar-refractivity contribution in [2.24, 2.45) is 0 Å². The number of nitrogens with zero attached hydrogens (tertiary/aromatic N) is 2. The smallest absolute Gasteiger partial charge is 0.247 e. The lowest BCUT2D eigenvalue weighted by Gasteiger charge is -2.11. The standard InChI is InChI=1S/C10H13N3O/c1-4-10(14)12-8-5-6-9(11-7-8)13(2)3/h4-7H,1H2,2-3H3,(H,12,14). The number of rotatable bonds is 3. The maximum Gasteiger partial charge on any atom is 0.247 e. The first-order valence-electron chi connectivity index (χ1n) is 4.20. The van der Waals surface area contributed by atoms with Gasteiger partial charge in [0.25, 0.3) is 0 Å². The highest BCUT2D eigenvalue weighted by molar-refractivity contribution is 5.98. The van der Waals surface area contributed by atoms with E-state index >= 15 is 0 Å². The van der Waals surface area contributed by atoms with Gasteiger partial charge in [0.05, 0.1) is 11.9 Å². The van der Waals surface area contributed by atoms with Crippen LogP contribution in [0.3, 0.4) is 0 Å². The van der Waals surface area contributed by atoms with E-state index in [4.69, 9.17) is 0 Å². The Morgan fingerprint density at radius 3 is 2.71 bits per heavy atom. The number of hydrogen-bond acceptors (Lipinski definition) is 3. The minimum Gasteiger partial charge on any atom is -0.363 e. The summed E-state index contributed by atoms with van der Waals surface area (Å²) < 4.78 is 0. The zero-order valence-electron chi connectivity index (χ0n) is 8.32. The third-order valence-corrected chi connectivity index (χ3v) is 1.66. The molecule has 1 N–H and O–H groups in total. The van der Waals surface area contributed by atoms with Gasteiger partial charge in [0.15, 0.2) is 0 Å². The topological polar surface area (TPSA) is 45.2 Å². The van der Waals surface area contributed by atoms with Gasteiger partial charge in [-0.05, 0) is 18.2 Å². The highest BCUT2D eigenvalue weighted by Gasteiger charge is 1.99. The van der Waals surface area contributed by atoms with E-state index in [1.807, 2.05) is 25.1 Å². The van der Waals surface area contributed by atoms with Gasteiger partial charge in [-0.2, -0.15) is 0 Å². The van der Waals surface area contributed by atoms with Crippen molar-refractivity contribution in [2.75, 3.05) is 24.3 Å². The summed E-state index contributed by atoms with van der Waals surface area (Å²) in [6.45, 7) is 3.36. The van der Waals surface area contributed by atoms with Crippen LogP contribution < -0.4 is 10.2 Å². The minimum absolute atomic E-state index is 0.232. The summed E-state index contributed by atoms with van der Waals surface area (Å²) in [6.07, 6.45) is 2.83. The summed E-state index contributed by atoms with van der Waals surface area (Å²) in [6, 6.07) is 3.63. The molecule has 0 saturated carbocycles. The Balaban J connectivity index is 2.73. The number of amides is 1. The van der Waals surface area contributed by atoms with E-state index in [1.54, 1.807) is 12.3 Å². The van der Waals surface area contributed by atoms with Crippen LogP contribution in [-0.2, 0) is 4.79 Å². The summed E-state index contributed by atoms with van der Waals surface area (Å²) in [4.78, 5) is 17.0. The van der Waals surface area contributed by atoms with Crippen molar-refractivity contribution < 1.29 is 4.79 Å². The van der Waals surface area contributed by atoms with E-state index in [0.29, 0.717) is 5.69 Å². The Hall–Kier alpha value is -1.84. The van der Waals surface area contributed by atoms with E-state index in [2.05, 4.69) is 16.9 Å². The number of hydrogen-bond donors (Lipinski definition) is 1. The molecule has 14 heavy (non-hydrogen) atoms. The van der Waals surface area contributed by atoms with E-state index in [0.717, 1.165) is 5.82 Å². The van der Waals surface area contributed by atoms with Gasteiger partial charge in [-0.25, -0.2) is 4.98 Å². The Morgan fingerprint density at radius 2 is 2.29 bits per heavy atom. The fourth-order valence-corrected chi connectivity index (χ4v) is 0.918. The second kappa shape index (κ2) is 4.41. The van der Waals surface area contributed by atoms with Gasteiger partial charge >= 0.3 is 0 Å². The summed E-state index contributed by atoms with van der Waals surface area (Å²) in [5.74, 6) is 0.617. The molecule has 1 rings (SSSR count). The Kier molecular flexibility index (Phi) is 3.23. The Labute approximate surface area is 83.3 Å². The molecule has 0 aliphatic heterocycles. The lowest BCUT2D eigenvalue weighted by molar-refractivity contribution is -0.111. The first-order valence-corrected chi connectivity index (χ1v) is 4.20. The molecular formula is C10H13N3O. The van der Waals surface area contributed by atoms with Crippen molar-refractivity contribution in [2.45, 2.75) is 0 Å². The predicted molar refractivity (Wildman–Crippen MR) is 57.4 cm³/mol. The van der Waals surface area contributed by atoms with Gasteiger partial charge in [-0.1, -0.05) is 6.58 Å². The molecule has 0 saturated heterocycles. The van der Waals surface area contributed by atoms with Crippen molar-refractivity contribution in [3.8, 4) is 0 Å². The summed E-state index contributed by atoms with van der Waals surface area (Å²) in [5, 5.41) is 2.62. The molecule has 0 aliphatic carbocycles. The first-order chi connectivity index (χ1) is 6.63. The second-order valence-corrected chi connectivity index (χ2v) is 2.99. The molecule has 0 atom stereocenters. The molecular weight excluding hydrogens is 178 g/mol. The highest BCUT2D eigenvalue weighted by Crippen LogP contribution is 2.11. The van der Waals surface area contributed by atoms with Crippen molar-refractivity contribution in [3.63, 3.8) is 0 Å². The number of anilines is 2. The maximum atomic E-state index is 10.9. The highest BCUT2D eigenvalue weighted by atomic mass is 16.1. The van der Waals surface area contributed by atoms with Crippen molar-refractivity contribution in [1.82, 2.24) is 4.98 Å². The van der Waals surface area contributed by atoms with E-state index < -0.39 is 0 Å². The van der Waals surface area contributed by atoms with Crippen molar-refractivity contribution in [3.05, 3.63) is 31.0 Å². The molecule has 0 aromatic carbocycles. The lowest BCUT2D eigenvalue weighted by atomic mass is 10.4. The van der Waals surface area contributed by atoms with Crippen molar-refractivity contribution in [1.29, 1.82) is 0 Å². The SMILES string of the molecule is C=CC(=O)Nc1ccc(N(C)C)nc1. The molecule has 0 unspecified atom stereocenters. The molecule has 1 heterocycles. The van der Waals surface area contributed by atoms with Crippen LogP contribution in [0.25, 0.3) is 0 Å². The normalized spacial score (nSPS) is 9.29. The molecule has 1 aromatic heterocycles. The van der Waals surface area contributed by atoms with Crippen LogP contribution in [0.5, 0.6) is 0 Å². The lowest BCUT2D eigenvalue weighted by Crippen LogP contribution is -2.11. The fourth-order valence-electron chi connectivity index (χ4n) is 0.918. The molecule has 0 aliphatic rings. The molecule has 0 radical (unpaired) electrons. The summed E-state index contributed by atoms with van der Waals surface area (Å²) in [7, 11) is 3.81. The monoisotopic (exact) mass is 191 g/mol. The number of aromatic nitrogens is 1. The molecule has 0 spiro atoms. The largest absolute Gasteiger partial charge is 0.363 e. The van der Waals surface area contributed by atoms with E-state index in [1.165, 1.54) is 6.08 Å². The number of carbonyl (C=O) groups is 1. The molecule has 1 amide bonds. The fraction of sp³-hybridized carbons (Fsp3) is 0.200. The average molecular weight is 191 g/mol. The third kappa shape index (κ3) is 2.58. The van der Waals surface area contributed by atoms with Crippen LogP contribution in [0, 0.1) is 0 Å². The van der Waals surface area contributed by atoms with Crippen LogP contribution in [-0.4, -0.2) is 25.0 Å². The van der Waals surface area contributed by atoms with Crippen molar-refractivity contribution >= 4 is 17.4 Å². The van der Waals surface area contributed by atoms with Gasteiger partial charge in [-0.15, -0.1) is 0 Å². The van der Waals surface area contributed by atoms with Crippen LogP contribution in [0.2, 0.25) is 0 Å². The molecule has 0 bridgehead atoms. The number of pyridine rings is 1. The van der Waals surface area contributed by atoms with Gasteiger partial charge in [0.2, 0.25) is 5.91 Å². The number of nitrogens with one attached hydrogen (secondary N) is 1. The first kappa shape index (κ1) is 10.2. The molecule has 4 nitrogen and oxygen atoms in total. The molecule has 74 valence electrons.